The van der Waals surface area contributed by atoms with Crippen LogP contribution in [0.1, 0.15) is 52.5 Å². The van der Waals surface area contributed by atoms with E-state index in [0.29, 0.717) is 12.4 Å². The van der Waals surface area contributed by atoms with Crippen molar-refractivity contribution in [2.45, 2.75) is 56.1 Å². The normalized spacial score (nSPS) is 19.5. The van der Waals surface area contributed by atoms with Crippen LogP contribution in [0.15, 0.2) is 65.1 Å². The smallest absolute Gasteiger partial charge is 0.320 e. The number of carbonyl (C=O) groups excluding carboxylic acids is 2. The maximum absolute atomic E-state index is 11.7. The molecule has 1 saturated heterocycles. The number of hydrogen-bond donors (Lipinski definition) is 4. The van der Waals surface area contributed by atoms with E-state index in [1.54, 1.807) is 0 Å². The molecule has 2 radical (unpaired) electrons. The number of benzene rings is 3. The Bertz CT molecular complexity index is 1600. The van der Waals surface area contributed by atoms with E-state index in [2.05, 4.69) is 73.8 Å². The van der Waals surface area contributed by atoms with Crippen LogP contribution < -0.4 is 10.5 Å². The van der Waals surface area contributed by atoms with Crippen LogP contribution in [0.5, 0.6) is 0 Å². The van der Waals surface area contributed by atoms with Crippen molar-refractivity contribution in [2.75, 3.05) is 26.3 Å². The molecule has 4 atom stereocenters. The monoisotopic (exact) mass is 713 g/mol. The fourth-order valence-corrected chi connectivity index (χ4v) is 7.32. The van der Waals surface area contributed by atoms with E-state index < -0.39 is 24.0 Å². The Morgan fingerprint density at radius 3 is 1.88 bits per heavy atom. The number of ether oxygens (including phenoxy) is 1. The van der Waals surface area contributed by atoms with E-state index in [1.807, 2.05) is 18.2 Å². The first kappa shape index (κ1) is 35.7. The van der Waals surface area contributed by atoms with Crippen LogP contribution in [-0.2, 0) is 43.3 Å². The Hall–Kier alpha value is -3.61. The molecular weight excluding hydrogens is 676 g/mol. The van der Waals surface area contributed by atoms with Gasteiger partial charge in [0, 0.05) is 35.9 Å². The van der Waals surface area contributed by atoms with E-state index in [9.17, 15) is 29.4 Å². The van der Waals surface area contributed by atoms with Gasteiger partial charge in [0.25, 0.3) is 14.8 Å². The predicted molar refractivity (Wildman–Crippen MR) is 188 cm³/mol. The molecule has 0 amide bonds. The number of carboxylic acid groups (broad SMARTS) is 2. The van der Waals surface area contributed by atoms with Crippen molar-refractivity contribution in [2.24, 2.45) is 0 Å². The summed E-state index contributed by atoms with van der Waals surface area (Å²) < 4.78 is 6.35. The molecule has 13 heteroatoms. The molecule has 6 rings (SSSR count). The third-order valence-electron chi connectivity index (χ3n) is 9.32. The second-order valence-corrected chi connectivity index (χ2v) is 13.1. The van der Waals surface area contributed by atoms with Crippen LogP contribution >= 0.6 is 15.9 Å². The molecule has 0 spiro atoms. The molecule has 4 N–H and O–H groups in total. The Kier molecular flexibility index (Phi) is 12.8. The summed E-state index contributed by atoms with van der Waals surface area (Å²) in [6.45, 7) is 4.45. The van der Waals surface area contributed by atoms with Gasteiger partial charge in [0.1, 0.15) is 12.1 Å². The largest absolute Gasteiger partial charge is 0.480 e. The SMILES string of the molecule is O=C[B]N[C@H](C(=O)O)[C@@H]1CCc2ccc(-c3ccc(CN4CCOCC4)cc3)cc21.O=C[B]N[C@H](C(=O)O)[C@@H]1CCc2ccc(Br)cc21. The number of rotatable bonds is 13. The maximum atomic E-state index is 11.7. The summed E-state index contributed by atoms with van der Waals surface area (Å²) in [5.41, 5.74) is 7.96. The van der Waals surface area contributed by atoms with Gasteiger partial charge >= 0.3 is 11.9 Å². The number of hydrogen-bond acceptors (Lipinski definition) is 8. The van der Waals surface area contributed by atoms with Crippen LogP contribution in [0, 0.1) is 0 Å². The molecule has 0 unspecified atom stereocenters. The highest BCUT2D eigenvalue weighted by atomic mass is 79.9. The van der Waals surface area contributed by atoms with Gasteiger partial charge in [0.2, 0.25) is 0 Å². The summed E-state index contributed by atoms with van der Waals surface area (Å²) in [6, 6.07) is 19.3. The number of fused-ring (bicyclic) bond motifs is 2. The number of aliphatic carboxylic acids is 2. The average Bonchev–Trinajstić information content (AvgIpc) is 3.70. The highest BCUT2D eigenvalue weighted by molar-refractivity contribution is 9.10. The van der Waals surface area contributed by atoms with Gasteiger partial charge in [-0.05, 0) is 76.8 Å². The lowest BCUT2D eigenvalue weighted by Crippen LogP contribution is -2.43. The van der Waals surface area contributed by atoms with Crippen LogP contribution in [0.3, 0.4) is 0 Å². The molecule has 48 heavy (non-hydrogen) atoms. The van der Waals surface area contributed by atoms with Gasteiger partial charge in [-0.1, -0.05) is 64.5 Å². The lowest BCUT2D eigenvalue weighted by atomic mass is 9.86. The summed E-state index contributed by atoms with van der Waals surface area (Å²) in [6.07, 6.45) is 4.41. The fourth-order valence-electron chi connectivity index (χ4n) is 6.94. The van der Waals surface area contributed by atoms with E-state index in [4.69, 9.17) is 4.74 Å². The zero-order valence-corrected chi connectivity index (χ0v) is 28.1. The molecule has 0 aromatic heterocycles. The standard InChI is InChI=1S/C23H26BN2O4.C12H12BBrNO3/c27-15-24-25-22(23(28)29)20-8-7-18-5-6-19(13-21(18)20)17-3-1-16(2-4-17)14-26-9-11-30-12-10-26;14-8-3-1-7-2-4-9(10(7)5-8)11(12(17)18)15-13-6-16/h1-6,13,15,20,22,25H,7-12,14H2,(H,28,29);1,3,5-6,9,11,15H,2,4H2,(H,17,18)/t20-,22+;9-,11+/m11/s1. The van der Waals surface area contributed by atoms with E-state index in [-0.39, 0.29) is 11.8 Å². The van der Waals surface area contributed by atoms with Gasteiger partial charge in [0.05, 0.1) is 25.6 Å². The third-order valence-corrected chi connectivity index (χ3v) is 9.82. The Balaban J connectivity index is 0.000000214. The van der Waals surface area contributed by atoms with Crippen molar-refractivity contribution in [1.82, 2.24) is 15.4 Å². The summed E-state index contributed by atoms with van der Waals surface area (Å²) in [5.74, 6) is -2.14. The van der Waals surface area contributed by atoms with E-state index in [0.717, 1.165) is 92.7 Å². The molecule has 0 saturated carbocycles. The molecule has 3 aromatic rings. The third kappa shape index (κ3) is 8.89. The quantitative estimate of drug-likeness (QED) is 0.154. The van der Waals surface area contributed by atoms with Crippen molar-refractivity contribution in [3.05, 3.63) is 93.0 Å². The molecule has 10 nitrogen and oxygen atoms in total. The van der Waals surface area contributed by atoms with Crippen molar-refractivity contribution >= 4 is 55.1 Å². The van der Waals surface area contributed by atoms with Gasteiger partial charge in [-0.3, -0.25) is 14.5 Å². The first-order chi connectivity index (χ1) is 23.3. The van der Waals surface area contributed by atoms with Crippen LogP contribution in [0.4, 0.5) is 0 Å². The predicted octanol–water partition coefficient (Wildman–Crippen LogP) is 3.40. The second kappa shape index (κ2) is 17.2. The molecule has 1 fully saturated rings. The van der Waals surface area contributed by atoms with Crippen molar-refractivity contribution in [3.8, 4) is 11.1 Å². The Labute approximate surface area is 290 Å². The molecular formula is C35H38B2BrN3O7. The molecule has 2 aliphatic carbocycles. The van der Waals surface area contributed by atoms with Gasteiger partial charge in [-0.25, -0.2) is 0 Å². The van der Waals surface area contributed by atoms with E-state index >= 15 is 0 Å². The van der Waals surface area contributed by atoms with Crippen molar-refractivity contribution < 1.29 is 34.1 Å². The number of carboxylic acids is 2. The Morgan fingerprint density at radius 2 is 1.33 bits per heavy atom. The van der Waals surface area contributed by atoms with Crippen LogP contribution in [0.2, 0.25) is 0 Å². The van der Waals surface area contributed by atoms with Gasteiger partial charge in [0.15, 0.2) is 0 Å². The average molecular weight is 714 g/mol. The lowest BCUT2D eigenvalue weighted by Gasteiger charge is -2.26. The van der Waals surface area contributed by atoms with Crippen LogP contribution in [-0.4, -0.2) is 92.6 Å². The summed E-state index contributed by atoms with van der Waals surface area (Å²) in [4.78, 5) is 46.4. The molecule has 3 aliphatic rings. The number of carbonyl (C=O) groups is 4. The number of halogens is 1. The topological polar surface area (TPSA) is 145 Å². The van der Waals surface area contributed by atoms with E-state index in [1.165, 1.54) is 24.1 Å². The van der Waals surface area contributed by atoms with Gasteiger partial charge in [-0.15, -0.1) is 0 Å². The second-order valence-electron chi connectivity index (χ2n) is 12.2. The first-order valence-corrected chi connectivity index (χ1v) is 16.9. The zero-order chi connectivity index (χ0) is 34.0. The highest BCUT2D eigenvalue weighted by Crippen LogP contribution is 2.39. The fraction of sp³-hybridized carbons (Fsp3) is 0.371. The number of morpholine rings is 1. The minimum atomic E-state index is -0.941. The minimum absolute atomic E-state index is 0.105. The summed E-state index contributed by atoms with van der Waals surface area (Å²) in [7, 11) is 2.32. The maximum Gasteiger partial charge on any atom is 0.320 e. The zero-order valence-electron chi connectivity index (χ0n) is 26.5. The van der Waals surface area contributed by atoms with Crippen molar-refractivity contribution in [3.63, 3.8) is 0 Å². The highest BCUT2D eigenvalue weighted by Gasteiger charge is 2.35. The molecule has 3 aromatic carbocycles. The molecule has 1 heterocycles. The lowest BCUT2D eigenvalue weighted by molar-refractivity contribution is -0.140. The number of nitrogens with zero attached hydrogens (tertiary/aromatic N) is 1. The van der Waals surface area contributed by atoms with Crippen LogP contribution in [0.25, 0.3) is 11.1 Å². The number of aryl methyl sites for hydroxylation is 2. The Morgan fingerprint density at radius 1 is 0.812 bits per heavy atom. The molecule has 1 aliphatic heterocycles. The molecule has 0 bridgehead atoms. The summed E-state index contributed by atoms with van der Waals surface area (Å²) in [5, 5.41) is 24.3. The van der Waals surface area contributed by atoms with Crippen molar-refractivity contribution in [1.29, 1.82) is 0 Å². The first-order valence-electron chi connectivity index (χ1n) is 16.1. The van der Waals surface area contributed by atoms with Gasteiger partial charge in [-0.2, -0.15) is 0 Å². The minimum Gasteiger partial charge on any atom is -0.480 e. The molecule has 248 valence electrons. The van der Waals surface area contributed by atoms with Gasteiger partial charge < -0.3 is 35.0 Å². The summed E-state index contributed by atoms with van der Waals surface area (Å²) >= 11 is 3.40. The number of nitrogens with one attached hydrogen (secondary N) is 2.